The molecule has 4 rings (SSSR count). The van der Waals surface area contributed by atoms with Gasteiger partial charge in [0.1, 0.15) is 0 Å². The Morgan fingerprint density at radius 2 is 1.47 bits per heavy atom. The Bertz CT molecular complexity index is 1110. The molecule has 36 heavy (non-hydrogen) atoms. The van der Waals surface area contributed by atoms with Crippen molar-refractivity contribution in [3.8, 4) is 34.0 Å². The lowest BCUT2D eigenvalue weighted by molar-refractivity contribution is 0.0527. The number of aromatic nitrogens is 1. The molecule has 0 radical (unpaired) electrons. The summed E-state index contributed by atoms with van der Waals surface area (Å²) >= 11 is 0. The Balaban J connectivity index is 0.00000109. The average molecular weight is 494 g/mol. The van der Waals surface area contributed by atoms with Crippen LogP contribution in [0.3, 0.4) is 0 Å². The number of carbonyl (C=O) groups excluding carboxylic acids is 1. The molecule has 5 nitrogen and oxygen atoms in total. The van der Waals surface area contributed by atoms with Gasteiger partial charge in [0.25, 0.3) is 0 Å². The second-order valence-electron chi connectivity index (χ2n) is 8.57. The van der Waals surface area contributed by atoms with Crippen molar-refractivity contribution in [1.82, 2.24) is 4.57 Å². The van der Waals surface area contributed by atoms with Gasteiger partial charge in [-0.15, -0.1) is 0 Å². The predicted molar refractivity (Wildman–Crippen MR) is 149 cm³/mol. The molecule has 3 aromatic rings. The van der Waals surface area contributed by atoms with Crippen molar-refractivity contribution in [2.45, 2.75) is 87.5 Å². The predicted octanol–water partition coefficient (Wildman–Crippen LogP) is 8.18. The Kier molecular flexibility index (Phi) is 11.1. The summed E-state index contributed by atoms with van der Waals surface area (Å²) in [6.45, 7) is 19.0. The van der Waals surface area contributed by atoms with Crippen molar-refractivity contribution in [2.24, 2.45) is 0 Å². The van der Waals surface area contributed by atoms with Gasteiger partial charge in [0.2, 0.25) is 0 Å². The SMILES string of the molecule is CC.CC.CCOC(=O)c1cc2n(c1-c1ccccc1)CCc1cc(OC(C)C)c(OC(C)C)cc1-2. The number of hydrogen-bond acceptors (Lipinski definition) is 4. The van der Waals surface area contributed by atoms with Crippen molar-refractivity contribution in [1.29, 1.82) is 0 Å². The standard InChI is InChI=1S/C27H31NO4.2C2H6/c1-6-30-27(29)22-15-23-21-16-25(32-18(4)5)24(31-17(2)3)14-20(21)12-13-28(23)26(22)19-10-8-7-9-11-19;2*1-2/h7-11,14-18H,6,12-13H2,1-5H3;2*1-2H3. The molecular weight excluding hydrogens is 450 g/mol. The minimum absolute atomic E-state index is 0.0212. The van der Waals surface area contributed by atoms with Crippen LogP contribution in [0.2, 0.25) is 0 Å². The smallest absolute Gasteiger partial charge is 0.340 e. The van der Waals surface area contributed by atoms with Crippen LogP contribution in [0, 0.1) is 0 Å². The molecule has 5 heteroatoms. The van der Waals surface area contributed by atoms with E-state index in [1.807, 2.05) is 98.7 Å². The van der Waals surface area contributed by atoms with Crippen LogP contribution in [0.15, 0.2) is 48.5 Å². The fourth-order valence-corrected chi connectivity index (χ4v) is 4.25. The van der Waals surface area contributed by atoms with Gasteiger partial charge in [-0.25, -0.2) is 4.79 Å². The molecular formula is C31H43NO4. The number of carbonyl (C=O) groups is 1. The zero-order valence-corrected chi connectivity index (χ0v) is 23.5. The lowest BCUT2D eigenvalue weighted by atomic mass is 9.97. The molecule has 1 aliphatic rings. The minimum Gasteiger partial charge on any atom is -0.487 e. The highest BCUT2D eigenvalue weighted by Gasteiger charge is 2.28. The molecule has 2 aromatic carbocycles. The molecule has 0 saturated heterocycles. The second-order valence-corrected chi connectivity index (χ2v) is 8.57. The van der Waals surface area contributed by atoms with E-state index in [0.29, 0.717) is 12.2 Å². The first-order valence-corrected chi connectivity index (χ1v) is 13.4. The zero-order valence-electron chi connectivity index (χ0n) is 23.5. The maximum absolute atomic E-state index is 12.9. The summed E-state index contributed by atoms with van der Waals surface area (Å²) in [6, 6.07) is 16.1. The number of benzene rings is 2. The highest BCUT2D eigenvalue weighted by atomic mass is 16.5. The van der Waals surface area contributed by atoms with Crippen LogP contribution < -0.4 is 9.47 Å². The maximum Gasteiger partial charge on any atom is 0.340 e. The highest BCUT2D eigenvalue weighted by Crippen LogP contribution is 2.43. The van der Waals surface area contributed by atoms with E-state index in [2.05, 4.69) is 16.7 Å². The van der Waals surface area contributed by atoms with Gasteiger partial charge in [-0.2, -0.15) is 0 Å². The first kappa shape index (κ1) is 29.0. The maximum atomic E-state index is 12.9. The van der Waals surface area contributed by atoms with Gasteiger partial charge in [-0.05, 0) is 70.4 Å². The lowest BCUT2D eigenvalue weighted by Crippen LogP contribution is -2.15. The fraction of sp³-hybridized carbons (Fsp3) is 0.452. The molecule has 0 saturated carbocycles. The van der Waals surface area contributed by atoms with Gasteiger partial charge < -0.3 is 18.8 Å². The van der Waals surface area contributed by atoms with E-state index in [9.17, 15) is 4.79 Å². The molecule has 0 spiro atoms. The van der Waals surface area contributed by atoms with E-state index in [-0.39, 0.29) is 18.2 Å². The number of rotatable bonds is 7. The molecule has 0 atom stereocenters. The van der Waals surface area contributed by atoms with Crippen LogP contribution >= 0.6 is 0 Å². The molecule has 0 bridgehead atoms. The topological polar surface area (TPSA) is 49.7 Å². The first-order valence-electron chi connectivity index (χ1n) is 13.4. The molecule has 0 unspecified atom stereocenters. The zero-order chi connectivity index (χ0) is 26.8. The number of hydrogen-bond donors (Lipinski definition) is 0. The number of nitrogens with zero attached hydrogens (tertiary/aromatic N) is 1. The molecule has 1 aliphatic heterocycles. The minimum atomic E-state index is -0.298. The third-order valence-electron chi connectivity index (χ3n) is 5.42. The van der Waals surface area contributed by atoms with Crippen molar-refractivity contribution >= 4 is 5.97 Å². The van der Waals surface area contributed by atoms with Gasteiger partial charge in [-0.3, -0.25) is 0 Å². The van der Waals surface area contributed by atoms with Crippen molar-refractivity contribution in [3.05, 3.63) is 59.7 Å². The highest BCUT2D eigenvalue weighted by molar-refractivity contribution is 5.99. The molecule has 2 heterocycles. The summed E-state index contributed by atoms with van der Waals surface area (Å²) in [4.78, 5) is 12.9. The Morgan fingerprint density at radius 1 is 0.889 bits per heavy atom. The largest absolute Gasteiger partial charge is 0.487 e. The van der Waals surface area contributed by atoms with E-state index in [0.717, 1.165) is 47.0 Å². The monoisotopic (exact) mass is 493 g/mol. The van der Waals surface area contributed by atoms with E-state index in [4.69, 9.17) is 14.2 Å². The van der Waals surface area contributed by atoms with Gasteiger partial charge in [0.15, 0.2) is 11.5 Å². The third-order valence-corrected chi connectivity index (χ3v) is 5.42. The quantitative estimate of drug-likeness (QED) is 0.311. The molecule has 0 N–H and O–H groups in total. The number of ether oxygens (including phenoxy) is 3. The summed E-state index contributed by atoms with van der Waals surface area (Å²) in [5.74, 6) is 1.19. The molecule has 1 aromatic heterocycles. The van der Waals surface area contributed by atoms with Crippen LogP contribution in [-0.2, 0) is 17.7 Å². The third kappa shape index (κ3) is 6.51. The average Bonchev–Trinajstić information content (AvgIpc) is 3.27. The van der Waals surface area contributed by atoms with Crippen LogP contribution in [-0.4, -0.2) is 29.4 Å². The summed E-state index contributed by atoms with van der Waals surface area (Å²) in [7, 11) is 0. The van der Waals surface area contributed by atoms with E-state index >= 15 is 0 Å². The molecule has 0 amide bonds. The normalized spacial score (nSPS) is 11.4. The number of aryl methyl sites for hydroxylation is 1. The Hall–Kier alpha value is -3.21. The number of esters is 1. The van der Waals surface area contributed by atoms with Gasteiger partial charge in [0, 0.05) is 17.8 Å². The van der Waals surface area contributed by atoms with Crippen molar-refractivity contribution in [3.63, 3.8) is 0 Å². The van der Waals surface area contributed by atoms with Gasteiger partial charge in [0.05, 0.1) is 30.1 Å². The van der Waals surface area contributed by atoms with Crippen LogP contribution in [0.1, 0.15) is 78.2 Å². The molecule has 0 fully saturated rings. The summed E-state index contributed by atoms with van der Waals surface area (Å²) in [5, 5.41) is 0. The molecule has 0 aliphatic carbocycles. The van der Waals surface area contributed by atoms with Crippen LogP contribution in [0.25, 0.3) is 22.5 Å². The van der Waals surface area contributed by atoms with E-state index in [1.165, 1.54) is 5.56 Å². The Labute approximate surface area is 217 Å². The number of fused-ring (bicyclic) bond motifs is 3. The van der Waals surface area contributed by atoms with Crippen LogP contribution in [0.5, 0.6) is 11.5 Å². The molecule has 196 valence electrons. The van der Waals surface area contributed by atoms with E-state index < -0.39 is 0 Å². The second kappa shape index (κ2) is 13.8. The first-order chi connectivity index (χ1) is 17.4. The van der Waals surface area contributed by atoms with Crippen molar-refractivity contribution < 1.29 is 19.0 Å². The summed E-state index contributed by atoms with van der Waals surface area (Å²) in [6.07, 6.45) is 0.915. The van der Waals surface area contributed by atoms with Crippen LogP contribution in [0.4, 0.5) is 0 Å². The summed E-state index contributed by atoms with van der Waals surface area (Å²) < 4.78 is 19.8. The summed E-state index contributed by atoms with van der Waals surface area (Å²) in [5.41, 5.74) is 5.75. The van der Waals surface area contributed by atoms with Crippen molar-refractivity contribution in [2.75, 3.05) is 6.61 Å². The Morgan fingerprint density at radius 3 is 2.03 bits per heavy atom. The fourth-order valence-electron chi connectivity index (χ4n) is 4.25. The van der Waals surface area contributed by atoms with Gasteiger partial charge in [-0.1, -0.05) is 58.0 Å². The van der Waals surface area contributed by atoms with E-state index in [1.54, 1.807) is 0 Å². The van der Waals surface area contributed by atoms with Gasteiger partial charge >= 0.3 is 5.97 Å². The lowest BCUT2D eigenvalue weighted by Gasteiger charge is -2.25.